The molecule has 1 saturated heterocycles. The maximum Gasteiger partial charge on any atom is 0.322 e. The molecule has 0 aromatic heterocycles. The number of carboxylic acid groups (broad SMARTS) is 1. The number of amides is 2. The lowest BCUT2D eigenvalue weighted by molar-refractivity contribution is -0.142. The van der Waals surface area contributed by atoms with Gasteiger partial charge >= 0.3 is 12.0 Å². The smallest absolute Gasteiger partial charge is 0.322 e. The van der Waals surface area contributed by atoms with E-state index in [-0.39, 0.29) is 18.9 Å². The molecule has 2 rings (SSSR count). The summed E-state index contributed by atoms with van der Waals surface area (Å²) in [6.07, 6.45) is 0. The van der Waals surface area contributed by atoms with Crippen LogP contribution in [0.25, 0.3) is 0 Å². The number of hydrogen-bond acceptors (Lipinski definition) is 3. The molecule has 1 aromatic carbocycles. The number of hydrogen-bond donors (Lipinski definition) is 2. The molecule has 0 aliphatic carbocycles. The Hall–Kier alpha value is -2.22. The topological polar surface area (TPSA) is 78.9 Å². The first-order valence-electron chi connectivity index (χ1n) is 6.20. The SMILES string of the molecule is CN(C(=O)Nc1cccc(F)c1F)C1COCC1C(=O)O. The first kappa shape index (κ1) is 15.2. The van der Waals surface area contributed by atoms with Crippen LogP contribution >= 0.6 is 0 Å². The van der Waals surface area contributed by atoms with Crippen molar-refractivity contribution in [1.82, 2.24) is 4.90 Å². The zero-order valence-corrected chi connectivity index (χ0v) is 11.2. The number of likely N-dealkylation sites (N-methyl/N-ethyl adjacent to an activating group) is 1. The fraction of sp³-hybridized carbons (Fsp3) is 0.385. The molecule has 2 unspecified atom stereocenters. The minimum atomic E-state index is -1.17. The first-order chi connectivity index (χ1) is 9.91. The molecule has 2 atom stereocenters. The number of anilines is 1. The molecule has 2 amide bonds. The van der Waals surface area contributed by atoms with E-state index < -0.39 is 35.6 Å². The van der Waals surface area contributed by atoms with Gasteiger partial charge < -0.3 is 20.1 Å². The monoisotopic (exact) mass is 300 g/mol. The van der Waals surface area contributed by atoms with Gasteiger partial charge in [0, 0.05) is 7.05 Å². The number of carboxylic acids is 1. The van der Waals surface area contributed by atoms with Gasteiger partial charge in [0.05, 0.1) is 24.9 Å². The fourth-order valence-corrected chi connectivity index (χ4v) is 2.11. The van der Waals surface area contributed by atoms with Gasteiger partial charge in [-0.25, -0.2) is 13.6 Å². The number of aliphatic carboxylic acids is 1. The maximum absolute atomic E-state index is 13.5. The van der Waals surface area contributed by atoms with Crippen molar-refractivity contribution in [2.75, 3.05) is 25.6 Å². The molecule has 1 aliphatic rings. The molecule has 6 nitrogen and oxygen atoms in total. The molecular weight excluding hydrogens is 286 g/mol. The van der Waals surface area contributed by atoms with Crippen LogP contribution in [0.2, 0.25) is 0 Å². The normalized spacial score (nSPS) is 21.1. The quantitative estimate of drug-likeness (QED) is 0.887. The highest BCUT2D eigenvalue weighted by molar-refractivity contribution is 5.90. The van der Waals surface area contributed by atoms with Gasteiger partial charge in [0.2, 0.25) is 0 Å². The Kier molecular flexibility index (Phi) is 4.37. The minimum Gasteiger partial charge on any atom is -0.481 e. The van der Waals surface area contributed by atoms with Crippen molar-refractivity contribution in [2.24, 2.45) is 5.92 Å². The summed E-state index contributed by atoms with van der Waals surface area (Å²) in [6, 6.07) is 2.00. The average Bonchev–Trinajstić information content (AvgIpc) is 2.92. The van der Waals surface area contributed by atoms with Crippen LogP contribution in [0.3, 0.4) is 0 Å². The molecule has 1 fully saturated rings. The van der Waals surface area contributed by atoms with Crippen LogP contribution < -0.4 is 5.32 Å². The van der Waals surface area contributed by atoms with E-state index in [0.717, 1.165) is 11.0 Å². The lowest BCUT2D eigenvalue weighted by atomic mass is 10.0. The van der Waals surface area contributed by atoms with E-state index in [2.05, 4.69) is 5.32 Å². The molecule has 2 N–H and O–H groups in total. The zero-order valence-electron chi connectivity index (χ0n) is 11.2. The van der Waals surface area contributed by atoms with Crippen molar-refractivity contribution in [3.63, 3.8) is 0 Å². The molecule has 0 saturated carbocycles. The number of carbonyl (C=O) groups is 2. The third-order valence-electron chi connectivity index (χ3n) is 3.38. The van der Waals surface area contributed by atoms with Crippen molar-refractivity contribution in [1.29, 1.82) is 0 Å². The second kappa shape index (κ2) is 6.04. The highest BCUT2D eigenvalue weighted by atomic mass is 19.2. The van der Waals surface area contributed by atoms with Gasteiger partial charge in [0.1, 0.15) is 5.92 Å². The van der Waals surface area contributed by atoms with Crippen LogP contribution in [0.4, 0.5) is 19.3 Å². The van der Waals surface area contributed by atoms with Gasteiger partial charge in [-0.2, -0.15) is 0 Å². The number of nitrogens with zero attached hydrogens (tertiary/aromatic N) is 1. The van der Waals surface area contributed by atoms with Gasteiger partial charge in [0.25, 0.3) is 0 Å². The van der Waals surface area contributed by atoms with Gasteiger partial charge in [-0.3, -0.25) is 4.79 Å². The van der Waals surface area contributed by atoms with Gasteiger partial charge in [-0.1, -0.05) is 6.07 Å². The molecule has 0 spiro atoms. The van der Waals surface area contributed by atoms with Crippen molar-refractivity contribution >= 4 is 17.7 Å². The summed E-state index contributed by atoms with van der Waals surface area (Å²) in [4.78, 5) is 24.2. The van der Waals surface area contributed by atoms with Crippen LogP contribution in [0, 0.1) is 17.6 Å². The van der Waals surface area contributed by atoms with Crippen molar-refractivity contribution < 1.29 is 28.2 Å². The van der Waals surface area contributed by atoms with Crippen molar-refractivity contribution in [2.45, 2.75) is 6.04 Å². The second-order valence-electron chi connectivity index (χ2n) is 4.69. The van der Waals surface area contributed by atoms with E-state index in [0.29, 0.717) is 0 Å². The maximum atomic E-state index is 13.5. The van der Waals surface area contributed by atoms with Gasteiger partial charge in [-0.05, 0) is 12.1 Å². The summed E-state index contributed by atoms with van der Waals surface area (Å²) in [5, 5.41) is 11.2. The molecule has 1 heterocycles. The lowest BCUT2D eigenvalue weighted by Gasteiger charge is -2.26. The zero-order chi connectivity index (χ0) is 15.6. The largest absolute Gasteiger partial charge is 0.481 e. The third-order valence-corrected chi connectivity index (χ3v) is 3.38. The molecule has 0 radical (unpaired) electrons. The Labute approximate surface area is 119 Å². The molecule has 114 valence electrons. The van der Waals surface area contributed by atoms with Crippen molar-refractivity contribution in [3.8, 4) is 0 Å². The Morgan fingerprint density at radius 3 is 2.76 bits per heavy atom. The van der Waals surface area contributed by atoms with E-state index in [1.54, 1.807) is 0 Å². The third kappa shape index (κ3) is 3.10. The molecule has 1 aliphatic heterocycles. The Morgan fingerprint density at radius 2 is 2.10 bits per heavy atom. The standard InChI is InChI=1S/C13H14F2N2O4/c1-17(10-6-21-5-7(10)12(18)19)13(20)16-9-4-2-3-8(14)11(9)15/h2-4,7,10H,5-6H2,1H3,(H,16,20)(H,18,19). The first-order valence-corrected chi connectivity index (χ1v) is 6.20. The molecule has 8 heteroatoms. The molecule has 21 heavy (non-hydrogen) atoms. The number of carbonyl (C=O) groups excluding carboxylic acids is 1. The Morgan fingerprint density at radius 1 is 1.38 bits per heavy atom. The van der Waals surface area contributed by atoms with Gasteiger partial charge in [0.15, 0.2) is 11.6 Å². The van der Waals surface area contributed by atoms with Crippen LogP contribution in [-0.4, -0.2) is 48.3 Å². The number of ether oxygens (including phenoxy) is 1. The summed E-state index contributed by atoms with van der Waals surface area (Å²) >= 11 is 0. The molecular formula is C13H14F2N2O4. The highest BCUT2D eigenvalue weighted by Gasteiger charge is 2.38. The second-order valence-corrected chi connectivity index (χ2v) is 4.69. The Balaban J connectivity index is 2.09. The number of urea groups is 1. The van der Waals surface area contributed by atoms with Crippen LogP contribution in [0.1, 0.15) is 0 Å². The van der Waals surface area contributed by atoms with Gasteiger partial charge in [-0.15, -0.1) is 0 Å². The molecule has 0 bridgehead atoms. The summed E-state index contributed by atoms with van der Waals surface area (Å²) in [5.41, 5.74) is -0.308. The van der Waals surface area contributed by atoms with E-state index in [9.17, 15) is 18.4 Å². The summed E-state index contributed by atoms with van der Waals surface area (Å²) in [6.45, 7) is 0.0818. The van der Waals surface area contributed by atoms with Crippen molar-refractivity contribution in [3.05, 3.63) is 29.8 Å². The van der Waals surface area contributed by atoms with E-state index in [1.165, 1.54) is 19.2 Å². The number of benzene rings is 1. The lowest BCUT2D eigenvalue weighted by Crippen LogP contribution is -2.46. The van der Waals surface area contributed by atoms with Crippen LogP contribution in [-0.2, 0) is 9.53 Å². The van der Waals surface area contributed by atoms with E-state index in [4.69, 9.17) is 9.84 Å². The predicted octanol–water partition coefficient (Wildman–Crippen LogP) is 1.53. The summed E-state index contributed by atoms with van der Waals surface area (Å²) < 4.78 is 31.6. The number of halogens is 2. The summed E-state index contributed by atoms with van der Waals surface area (Å²) in [7, 11) is 1.38. The van der Waals surface area contributed by atoms with E-state index in [1.807, 2.05) is 0 Å². The highest BCUT2D eigenvalue weighted by Crippen LogP contribution is 2.21. The molecule has 1 aromatic rings. The predicted molar refractivity (Wildman–Crippen MR) is 68.9 cm³/mol. The number of nitrogens with one attached hydrogen (secondary N) is 1. The fourth-order valence-electron chi connectivity index (χ4n) is 2.11. The van der Waals surface area contributed by atoms with E-state index >= 15 is 0 Å². The minimum absolute atomic E-state index is 0.00590. The summed E-state index contributed by atoms with van der Waals surface area (Å²) in [5.74, 6) is -4.17. The van der Waals surface area contributed by atoms with Crippen LogP contribution in [0.5, 0.6) is 0 Å². The Bertz CT molecular complexity index is 567. The van der Waals surface area contributed by atoms with Crippen LogP contribution in [0.15, 0.2) is 18.2 Å². The number of rotatable bonds is 3. The average molecular weight is 300 g/mol.